The number of carbonyl (C=O) groups excluding carboxylic acids is 1. The van der Waals surface area contributed by atoms with E-state index in [0.29, 0.717) is 6.42 Å². The molecule has 0 aliphatic heterocycles. The maximum Gasteiger partial charge on any atom is 0.330 e. The minimum atomic E-state index is -0.530. The molecule has 0 saturated heterocycles. The van der Waals surface area contributed by atoms with Gasteiger partial charge in [-0.15, -0.1) is 0 Å². The fraction of sp³-hybridized carbons (Fsp3) is 0.500. The summed E-state index contributed by atoms with van der Waals surface area (Å²) in [5, 5.41) is 0. The molecule has 1 heterocycles. The third kappa shape index (κ3) is 2.96. The number of nitrogens with two attached hydrogens (primary N) is 1. The first-order valence-corrected chi connectivity index (χ1v) is 5.10. The highest BCUT2D eigenvalue weighted by Crippen LogP contribution is 1.94. The molecule has 2 N–H and O–H groups in total. The van der Waals surface area contributed by atoms with E-state index in [1.807, 2.05) is 0 Å². The number of nitrogen functional groups attached to an aromatic ring is 1. The van der Waals surface area contributed by atoms with Gasteiger partial charge in [-0.1, -0.05) is 0 Å². The van der Waals surface area contributed by atoms with Crippen LogP contribution in [-0.2, 0) is 23.1 Å². The molecule has 1 aromatic rings. The maximum atomic E-state index is 11.6. The van der Waals surface area contributed by atoms with Gasteiger partial charge in [-0.25, -0.2) is 4.79 Å². The largest absolute Gasteiger partial charge is 0.469 e. The predicted molar refractivity (Wildman–Crippen MR) is 61.6 cm³/mol. The van der Waals surface area contributed by atoms with Gasteiger partial charge >= 0.3 is 11.7 Å². The Morgan fingerprint density at radius 3 is 2.71 bits per heavy atom. The average molecular weight is 241 g/mol. The van der Waals surface area contributed by atoms with Crippen molar-refractivity contribution >= 4 is 11.7 Å². The van der Waals surface area contributed by atoms with Crippen molar-refractivity contribution in [2.75, 3.05) is 12.8 Å². The van der Waals surface area contributed by atoms with Crippen LogP contribution in [-0.4, -0.2) is 22.2 Å². The highest BCUT2D eigenvalue weighted by Gasteiger charge is 2.08. The lowest BCUT2D eigenvalue weighted by Crippen LogP contribution is -2.39. The molecule has 0 saturated carbocycles. The van der Waals surface area contributed by atoms with Crippen LogP contribution in [0.5, 0.6) is 0 Å². The number of carbonyl (C=O) groups is 1. The number of rotatable bonds is 4. The van der Waals surface area contributed by atoms with E-state index in [2.05, 4.69) is 4.74 Å². The second-order valence-electron chi connectivity index (χ2n) is 3.61. The fourth-order valence-electron chi connectivity index (χ4n) is 1.43. The molecule has 0 aromatic carbocycles. The van der Waals surface area contributed by atoms with E-state index >= 15 is 0 Å². The highest BCUT2D eigenvalue weighted by molar-refractivity contribution is 5.68. The zero-order valence-corrected chi connectivity index (χ0v) is 9.80. The molecular weight excluding hydrogens is 226 g/mol. The van der Waals surface area contributed by atoms with Gasteiger partial charge in [0.2, 0.25) is 0 Å². The summed E-state index contributed by atoms with van der Waals surface area (Å²) in [6.45, 7) is 0.144. The minimum Gasteiger partial charge on any atom is -0.469 e. The zero-order chi connectivity index (χ0) is 13.0. The lowest BCUT2D eigenvalue weighted by atomic mass is 10.3. The molecule has 1 rings (SSSR count). The molecule has 17 heavy (non-hydrogen) atoms. The molecule has 0 aliphatic carbocycles. The van der Waals surface area contributed by atoms with E-state index in [4.69, 9.17) is 5.73 Å². The van der Waals surface area contributed by atoms with E-state index < -0.39 is 11.2 Å². The van der Waals surface area contributed by atoms with Crippen molar-refractivity contribution in [2.24, 2.45) is 7.05 Å². The summed E-state index contributed by atoms with van der Waals surface area (Å²) in [4.78, 5) is 34.1. The SMILES string of the molecule is COC(=O)CCCn1c(=O)c(N)cn(C)c1=O. The Balaban J connectivity index is 2.88. The number of aromatic nitrogens is 2. The Morgan fingerprint density at radius 1 is 1.47 bits per heavy atom. The highest BCUT2D eigenvalue weighted by atomic mass is 16.5. The third-order valence-electron chi connectivity index (χ3n) is 2.35. The van der Waals surface area contributed by atoms with Crippen molar-refractivity contribution in [3.63, 3.8) is 0 Å². The molecule has 0 aliphatic rings. The molecule has 0 spiro atoms. The molecule has 0 unspecified atom stereocenters. The van der Waals surface area contributed by atoms with Crippen molar-refractivity contribution in [2.45, 2.75) is 19.4 Å². The first kappa shape index (κ1) is 13.0. The van der Waals surface area contributed by atoms with Crippen LogP contribution in [0.25, 0.3) is 0 Å². The lowest BCUT2D eigenvalue weighted by Gasteiger charge is -2.07. The maximum absolute atomic E-state index is 11.6. The van der Waals surface area contributed by atoms with E-state index in [0.717, 1.165) is 4.57 Å². The second-order valence-corrected chi connectivity index (χ2v) is 3.61. The molecule has 7 heteroatoms. The summed E-state index contributed by atoms with van der Waals surface area (Å²) in [5.74, 6) is -0.376. The average Bonchev–Trinajstić information content (AvgIpc) is 2.30. The van der Waals surface area contributed by atoms with Crippen LogP contribution in [0.3, 0.4) is 0 Å². The molecule has 94 valence electrons. The Hall–Kier alpha value is -2.05. The van der Waals surface area contributed by atoms with Gasteiger partial charge in [0.1, 0.15) is 5.69 Å². The van der Waals surface area contributed by atoms with Crippen LogP contribution in [0.1, 0.15) is 12.8 Å². The summed E-state index contributed by atoms with van der Waals surface area (Å²) in [7, 11) is 2.79. The molecule has 0 atom stereocenters. The summed E-state index contributed by atoms with van der Waals surface area (Å²) in [6.07, 6.45) is 1.79. The zero-order valence-electron chi connectivity index (χ0n) is 9.80. The van der Waals surface area contributed by atoms with Crippen molar-refractivity contribution in [3.8, 4) is 0 Å². The van der Waals surface area contributed by atoms with E-state index in [9.17, 15) is 14.4 Å². The number of hydrogen-bond donors (Lipinski definition) is 1. The molecule has 1 aromatic heterocycles. The number of aryl methyl sites for hydroxylation is 1. The summed E-state index contributed by atoms with van der Waals surface area (Å²) < 4.78 is 6.70. The van der Waals surface area contributed by atoms with Gasteiger partial charge in [0.25, 0.3) is 5.56 Å². The molecule has 7 nitrogen and oxygen atoms in total. The van der Waals surface area contributed by atoms with Crippen LogP contribution in [0.15, 0.2) is 15.8 Å². The Kier molecular flexibility index (Phi) is 4.08. The van der Waals surface area contributed by atoms with Gasteiger partial charge in [0.15, 0.2) is 0 Å². The lowest BCUT2D eigenvalue weighted by molar-refractivity contribution is -0.140. The van der Waals surface area contributed by atoms with Crippen LogP contribution >= 0.6 is 0 Å². The first-order valence-electron chi connectivity index (χ1n) is 5.10. The normalized spacial score (nSPS) is 10.2. The van der Waals surface area contributed by atoms with Gasteiger partial charge in [-0.05, 0) is 6.42 Å². The fourth-order valence-corrected chi connectivity index (χ4v) is 1.43. The van der Waals surface area contributed by atoms with Crippen molar-refractivity contribution < 1.29 is 9.53 Å². The Bertz CT molecular complexity index is 495. The minimum absolute atomic E-state index is 0.00479. The summed E-state index contributed by atoms with van der Waals surface area (Å²) >= 11 is 0. The number of anilines is 1. The van der Waals surface area contributed by atoms with Crippen LogP contribution in [0.2, 0.25) is 0 Å². The number of methoxy groups -OCH3 is 1. The van der Waals surface area contributed by atoms with Crippen molar-refractivity contribution in [1.29, 1.82) is 0 Å². The van der Waals surface area contributed by atoms with Crippen molar-refractivity contribution in [3.05, 3.63) is 27.0 Å². The first-order chi connectivity index (χ1) is 7.97. The Morgan fingerprint density at radius 2 is 2.12 bits per heavy atom. The predicted octanol–water partition coefficient (Wildman–Crippen LogP) is -0.918. The molecular formula is C10H15N3O4. The van der Waals surface area contributed by atoms with E-state index in [1.54, 1.807) is 0 Å². The second kappa shape index (κ2) is 5.33. The van der Waals surface area contributed by atoms with E-state index in [-0.39, 0.29) is 24.6 Å². The molecule has 0 radical (unpaired) electrons. The quantitative estimate of drug-likeness (QED) is 0.688. The molecule has 0 bridgehead atoms. The van der Waals surface area contributed by atoms with Gasteiger partial charge in [-0.2, -0.15) is 0 Å². The number of hydrogen-bond acceptors (Lipinski definition) is 5. The molecule has 0 amide bonds. The number of nitrogens with zero attached hydrogens (tertiary/aromatic N) is 2. The van der Waals surface area contributed by atoms with Crippen LogP contribution in [0.4, 0.5) is 5.69 Å². The van der Waals surface area contributed by atoms with Crippen LogP contribution < -0.4 is 17.0 Å². The van der Waals surface area contributed by atoms with Gasteiger partial charge in [0.05, 0.1) is 7.11 Å². The Labute approximate surface area is 97.4 Å². The van der Waals surface area contributed by atoms with Gasteiger partial charge in [-0.3, -0.25) is 14.2 Å². The van der Waals surface area contributed by atoms with Gasteiger partial charge < -0.3 is 15.0 Å². The molecule has 0 fully saturated rings. The third-order valence-corrected chi connectivity index (χ3v) is 2.35. The van der Waals surface area contributed by atoms with Crippen molar-refractivity contribution in [1.82, 2.24) is 9.13 Å². The topological polar surface area (TPSA) is 96.3 Å². The van der Waals surface area contributed by atoms with E-state index in [1.165, 1.54) is 24.9 Å². The standard InChI is InChI=1S/C10H15N3O4/c1-12-6-7(11)9(15)13(10(12)16)5-3-4-8(14)17-2/h6H,3-5,11H2,1-2H3. The smallest absolute Gasteiger partial charge is 0.330 e. The summed E-state index contributed by atoms with van der Waals surface area (Å²) in [5.41, 5.74) is 4.49. The monoisotopic (exact) mass is 241 g/mol. The van der Waals surface area contributed by atoms with Crippen LogP contribution in [0, 0.1) is 0 Å². The number of ether oxygens (including phenoxy) is 1. The number of esters is 1. The summed E-state index contributed by atoms with van der Waals surface area (Å²) in [6, 6.07) is 0. The van der Waals surface area contributed by atoms with Gasteiger partial charge in [0, 0.05) is 26.2 Å².